The number of nitrogens with one attached hydrogen (secondary N) is 1. The van der Waals surface area contributed by atoms with Gasteiger partial charge < -0.3 is 16.2 Å². The molecule has 1 amide bonds. The lowest BCUT2D eigenvalue weighted by Gasteiger charge is -2.28. The molecule has 4 nitrogen and oxygen atoms in total. The Morgan fingerprint density at radius 1 is 1.32 bits per heavy atom. The second kappa shape index (κ2) is 5.52. The van der Waals surface area contributed by atoms with E-state index in [-0.39, 0.29) is 5.69 Å². The summed E-state index contributed by atoms with van der Waals surface area (Å²) in [4.78, 5) is 11.9. The van der Waals surface area contributed by atoms with E-state index in [1.807, 2.05) is 0 Å². The summed E-state index contributed by atoms with van der Waals surface area (Å²) >= 11 is 0. The minimum absolute atomic E-state index is 0.282. The predicted molar refractivity (Wildman–Crippen MR) is 66.5 cm³/mol. The second-order valence-corrected chi connectivity index (χ2v) is 4.76. The highest BCUT2D eigenvalue weighted by Gasteiger charge is 2.27. The minimum atomic E-state index is -1.07. The van der Waals surface area contributed by atoms with Gasteiger partial charge in [-0.3, -0.25) is 4.79 Å². The van der Waals surface area contributed by atoms with Crippen molar-refractivity contribution in [3.8, 4) is 0 Å². The van der Waals surface area contributed by atoms with E-state index in [4.69, 9.17) is 5.73 Å². The highest BCUT2D eigenvalue weighted by atomic mass is 19.1. The monoisotopic (exact) mass is 270 g/mol. The molecule has 4 N–H and O–H groups in total. The van der Waals surface area contributed by atoms with Crippen molar-refractivity contribution in [2.75, 3.05) is 5.73 Å². The van der Waals surface area contributed by atoms with Crippen LogP contribution in [0.1, 0.15) is 36.0 Å². The van der Waals surface area contributed by atoms with Gasteiger partial charge in [0.2, 0.25) is 0 Å². The van der Waals surface area contributed by atoms with Gasteiger partial charge in [0.15, 0.2) is 5.82 Å². The third-order valence-corrected chi connectivity index (χ3v) is 3.39. The van der Waals surface area contributed by atoms with E-state index in [1.54, 1.807) is 0 Å². The number of benzene rings is 1. The highest BCUT2D eigenvalue weighted by molar-refractivity contribution is 5.95. The first kappa shape index (κ1) is 13.7. The van der Waals surface area contributed by atoms with Crippen molar-refractivity contribution in [2.45, 2.75) is 37.8 Å². The normalized spacial score (nSPS) is 23.1. The Labute approximate surface area is 109 Å². The van der Waals surface area contributed by atoms with E-state index in [0.29, 0.717) is 12.8 Å². The lowest BCUT2D eigenvalue weighted by Crippen LogP contribution is -2.45. The van der Waals surface area contributed by atoms with Crippen molar-refractivity contribution in [3.05, 3.63) is 29.3 Å². The molecule has 0 saturated heterocycles. The molecule has 1 aliphatic rings. The van der Waals surface area contributed by atoms with Crippen LogP contribution in [-0.4, -0.2) is 23.2 Å². The molecule has 0 aromatic heterocycles. The largest absolute Gasteiger partial charge is 0.396 e. The van der Waals surface area contributed by atoms with Crippen LogP contribution >= 0.6 is 0 Å². The van der Waals surface area contributed by atoms with Crippen LogP contribution in [0.5, 0.6) is 0 Å². The van der Waals surface area contributed by atoms with Crippen molar-refractivity contribution in [2.24, 2.45) is 0 Å². The highest BCUT2D eigenvalue weighted by Crippen LogP contribution is 2.21. The number of carbonyl (C=O) groups is 1. The fourth-order valence-corrected chi connectivity index (χ4v) is 2.30. The molecule has 19 heavy (non-hydrogen) atoms. The summed E-state index contributed by atoms with van der Waals surface area (Å²) in [5.41, 5.74) is 4.34. The van der Waals surface area contributed by atoms with Crippen LogP contribution in [0.2, 0.25) is 0 Å². The van der Waals surface area contributed by atoms with Crippen LogP contribution in [0.3, 0.4) is 0 Å². The first-order valence-corrected chi connectivity index (χ1v) is 6.23. The second-order valence-electron chi connectivity index (χ2n) is 4.76. The van der Waals surface area contributed by atoms with Crippen molar-refractivity contribution in [1.82, 2.24) is 5.32 Å². The number of amides is 1. The molecule has 1 aliphatic carbocycles. The number of halogens is 2. The molecule has 1 saturated carbocycles. The van der Waals surface area contributed by atoms with E-state index in [9.17, 15) is 18.7 Å². The SMILES string of the molecule is Nc1ccc(F)c(C(=O)N[C@@H]2CCCC[C@H]2O)c1F. The summed E-state index contributed by atoms with van der Waals surface area (Å²) in [7, 11) is 0. The molecule has 0 bridgehead atoms. The third-order valence-electron chi connectivity index (χ3n) is 3.39. The van der Waals surface area contributed by atoms with Gasteiger partial charge in [-0.15, -0.1) is 0 Å². The van der Waals surface area contributed by atoms with Gasteiger partial charge >= 0.3 is 0 Å². The third kappa shape index (κ3) is 2.84. The molecule has 2 atom stereocenters. The first-order chi connectivity index (χ1) is 9.00. The predicted octanol–water partition coefficient (Wildman–Crippen LogP) is 1.58. The van der Waals surface area contributed by atoms with Crippen LogP contribution in [0.15, 0.2) is 12.1 Å². The van der Waals surface area contributed by atoms with E-state index >= 15 is 0 Å². The average Bonchev–Trinajstić information content (AvgIpc) is 2.37. The summed E-state index contributed by atoms with van der Waals surface area (Å²) in [6, 6.07) is 1.54. The fourth-order valence-electron chi connectivity index (χ4n) is 2.30. The molecule has 0 spiro atoms. The Morgan fingerprint density at radius 2 is 2.00 bits per heavy atom. The molecular formula is C13H16F2N2O2. The smallest absolute Gasteiger partial charge is 0.257 e. The minimum Gasteiger partial charge on any atom is -0.396 e. The van der Waals surface area contributed by atoms with Crippen molar-refractivity contribution in [3.63, 3.8) is 0 Å². The summed E-state index contributed by atoms with van der Waals surface area (Å²) in [6.07, 6.45) is 2.24. The van der Waals surface area contributed by atoms with Crippen LogP contribution < -0.4 is 11.1 Å². The molecule has 1 aromatic carbocycles. The maximum atomic E-state index is 13.7. The van der Waals surface area contributed by atoms with Gasteiger partial charge in [-0.25, -0.2) is 8.78 Å². The molecule has 0 aliphatic heterocycles. The zero-order valence-corrected chi connectivity index (χ0v) is 10.3. The Bertz CT molecular complexity index is 494. The van der Waals surface area contributed by atoms with Crippen molar-refractivity contribution < 1.29 is 18.7 Å². The molecule has 0 unspecified atom stereocenters. The Morgan fingerprint density at radius 3 is 2.68 bits per heavy atom. The molecular weight excluding hydrogens is 254 g/mol. The van der Waals surface area contributed by atoms with Crippen LogP contribution in [0, 0.1) is 11.6 Å². The molecule has 104 valence electrons. The maximum absolute atomic E-state index is 13.7. The number of carbonyl (C=O) groups excluding carboxylic acids is 1. The number of hydrogen-bond acceptors (Lipinski definition) is 3. The lowest BCUT2D eigenvalue weighted by molar-refractivity contribution is 0.0711. The fraction of sp³-hybridized carbons (Fsp3) is 0.462. The molecule has 1 aromatic rings. The number of aliphatic hydroxyl groups excluding tert-OH is 1. The number of nitrogen functional groups attached to an aromatic ring is 1. The lowest BCUT2D eigenvalue weighted by atomic mass is 9.92. The van der Waals surface area contributed by atoms with Gasteiger partial charge in [-0.2, -0.15) is 0 Å². The van der Waals surface area contributed by atoms with Gasteiger partial charge in [0, 0.05) is 0 Å². The molecule has 0 heterocycles. The van der Waals surface area contributed by atoms with E-state index in [0.717, 1.165) is 25.0 Å². The number of hydrogen-bond donors (Lipinski definition) is 3. The van der Waals surface area contributed by atoms with Crippen molar-refractivity contribution >= 4 is 11.6 Å². The quantitative estimate of drug-likeness (QED) is 0.714. The summed E-state index contributed by atoms with van der Waals surface area (Å²) in [6.45, 7) is 0. The standard InChI is InChI=1S/C13H16F2N2O2/c14-7-5-6-8(16)12(15)11(7)13(19)17-9-3-1-2-4-10(9)18/h5-6,9-10,18H,1-4,16H2,(H,17,19)/t9-,10-/m1/s1. The summed E-state index contributed by atoms with van der Waals surface area (Å²) < 4.78 is 27.2. The molecule has 0 radical (unpaired) electrons. The van der Waals surface area contributed by atoms with Crippen LogP contribution in [0.25, 0.3) is 0 Å². The Balaban J connectivity index is 2.18. The zero-order chi connectivity index (χ0) is 14.0. The molecule has 1 fully saturated rings. The van der Waals surface area contributed by atoms with E-state index < -0.39 is 35.3 Å². The zero-order valence-electron chi connectivity index (χ0n) is 10.3. The van der Waals surface area contributed by atoms with Gasteiger partial charge in [-0.1, -0.05) is 12.8 Å². The molecule has 6 heteroatoms. The maximum Gasteiger partial charge on any atom is 0.257 e. The number of rotatable bonds is 2. The van der Waals surface area contributed by atoms with E-state index in [2.05, 4.69) is 5.32 Å². The Hall–Kier alpha value is -1.69. The Kier molecular flexibility index (Phi) is 3.99. The summed E-state index contributed by atoms with van der Waals surface area (Å²) in [5.74, 6) is -2.91. The van der Waals surface area contributed by atoms with E-state index in [1.165, 1.54) is 0 Å². The van der Waals surface area contributed by atoms with Gasteiger partial charge in [-0.05, 0) is 25.0 Å². The van der Waals surface area contributed by atoms with Gasteiger partial charge in [0.25, 0.3) is 5.91 Å². The van der Waals surface area contributed by atoms with Crippen molar-refractivity contribution in [1.29, 1.82) is 0 Å². The van der Waals surface area contributed by atoms with Crippen LogP contribution in [0.4, 0.5) is 14.5 Å². The van der Waals surface area contributed by atoms with Gasteiger partial charge in [0.05, 0.1) is 17.8 Å². The first-order valence-electron chi connectivity index (χ1n) is 6.23. The average molecular weight is 270 g/mol. The number of aliphatic hydroxyl groups is 1. The number of anilines is 1. The van der Waals surface area contributed by atoms with Gasteiger partial charge in [0.1, 0.15) is 11.4 Å². The van der Waals surface area contributed by atoms with Crippen LogP contribution in [-0.2, 0) is 0 Å². The molecule has 2 rings (SSSR count). The summed E-state index contributed by atoms with van der Waals surface area (Å²) in [5, 5.41) is 12.2. The topological polar surface area (TPSA) is 75.4 Å². The number of nitrogens with two attached hydrogens (primary N) is 1.